The Morgan fingerprint density at radius 1 is 1.00 bits per heavy atom. The second-order valence-electron chi connectivity index (χ2n) is 9.04. The van der Waals surface area contributed by atoms with Crippen LogP contribution in [0.1, 0.15) is 45.9 Å². The summed E-state index contributed by atoms with van der Waals surface area (Å²) in [7, 11) is 1.98. The van der Waals surface area contributed by atoms with Gasteiger partial charge in [0, 0.05) is 37.7 Å². The van der Waals surface area contributed by atoms with E-state index in [0.29, 0.717) is 25.6 Å². The number of hydrogen-bond donors (Lipinski definition) is 1. The van der Waals surface area contributed by atoms with Crippen LogP contribution in [0.4, 0.5) is 10.5 Å². The molecule has 2 aromatic rings. The van der Waals surface area contributed by atoms with Gasteiger partial charge in [-0.1, -0.05) is 46.8 Å². The molecule has 0 spiro atoms. The first-order valence-corrected chi connectivity index (χ1v) is 11.2. The van der Waals surface area contributed by atoms with Gasteiger partial charge in [0.05, 0.1) is 6.54 Å². The second kappa shape index (κ2) is 11.6. The smallest absolute Gasteiger partial charge is 0.322 e. The average molecular weight is 427 g/mol. The summed E-state index contributed by atoms with van der Waals surface area (Å²) in [6.45, 7) is 12.2. The Kier molecular flexibility index (Phi) is 9.16. The van der Waals surface area contributed by atoms with Crippen molar-refractivity contribution in [3.05, 3.63) is 53.9 Å². The first-order valence-electron chi connectivity index (χ1n) is 11.2. The molecule has 0 aliphatic heterocycles. The number of hydrogen-bond acceptors (Lipinski definition) is 2. The Balaban J connectivity index is 2.14. The fraction of sp³-hybridized carbons (Fsp3) is 0.520. The van der Waals surface area contributed by atoms with Gasteiger partial charge in [0.1, 0.15) is 6.54 Å². The first-order chi connectivity index (χ1) is 14.7. The molecule has 2 rings (SSSR count). The van der Waals surface area contributed by atoms with Gasteiger partial charge in [0.25, 0.3) is 0 Å². The third-order valence-corrected chi connectivity index (χ3v) is 5.13. The fourth-order valence-electron chi connectivity index (χ4n) is 3.55. The van der Waals surface area contributed by atoms with Crippen LogP contribution in [-0.4, -0.2) is 45.9 Å². The third-order valence-electron chi connectivity index (χ3n) is 5.13. The predicted molar refractivity (Wildman–Crippen MR) is 127 cm³/mol. The fourth-order valence-corrected chi connectivity index (χ4v) is 3.55. The highest BCUT2D eigenvalue weighted by molar-refractivity contribution is 5.92. The van der Waals surface area contributed by atoms with Gasteiger partial charge in [-0.05, 0) is 48.1 Å². The number of anilines is 1. The van der Waals surface area contributed by atoms with Gasteiger partial charge in [0.15, 0.2) is 0 Å². The number of nitrogens with zero attached hydrogens (tertiary/aromatic N) is 3. The molecule has 0 unspecified atom stereocenters. The normalized spacial score (nSPS) is 11.1. The number of amides is 3. The van der Waals surface area contributed by atoms with Gasteiger partial charge < -0.3 is 19.7 Å². The molecule has 170 valence electrons. The Morgan fingerprint density at radius 3 is 2.26 bits per heavy atom. The number of rotatable bonds is 10. The van der Waals surface area contributed by atoms with Crippen molar-refractivity contribution in [2.75, 3.05) is 25.0 Å². The van der Waals surface area contributed by atoms with Gasteiger partial charge in [-0.15, -0.1) is 0 Å². The lowest BCUT2D eigenvalue weighted by atomic mass is 10.1. The molecule has 0 bridgehead atoms. The summed E-state index contributed by atoms with van der Waals surface area (Å²) in [6, 6.07) is 11.6. The zero-order valence-corrected chi connectivity index (χ0v) is 19.9. The first kappa shape index (κ1) is 24.5. The van der Waals surface area contributed by atoms with Crippen molar-refractivity contribution in [2.24, 2.45) is 18.9 Å². The van der Waals surface area contributed by atoms with Crippen molar-refractivity contribution < 1.29 is 9.59 Å². The van der Waals surface area contributed by atoms with E-state index in [2.05, 4.69) is 39.9 Å². The number of nitrogens with one attached hydrogen (secondary N) is 1. The van der Waals surface area contributed by atoms with Crippen molar-refractivity contribution in [1.29, 1.82) is 0 Å². The van der Waals surface area contributed by atoms with Crippen LogP contribution in [0, 0.1) is 11.8 Å². The molecule has 6 nitrogen and oxygen atoms in total. The molecule has 31 heavy (non-hydrogen) atoms. The molecular weight excluding hydrogens is 388 g/mol. The molecule has 1 N–H and O–H groups in total. The summed E-state index contributed by atoms with van der Waals surface area (Å²) < 4.78 is 2.03. The van der Waals surface area contributed by atoms with E-state index in [1.807, 2.05) is 59.1 Å². The quantitative estimate of drug-likeness (QED) is 0.595. The number of carbonyl (C=O) groups is 2. The molecule has 1 aromatic heterocycles. The van der Waals surface area contributed by atoms with E-state index in [9.17, 15) is 9.59 Å². The lowest BCUT2D eigenvalue weighted by Gasteiger charge is -2.30. The van der Waals surface area contributed by atoms with Crippen molar-refractivity contribution in [2.45, 2.75) is 47.6 Å². The van der Waals surface area contributed by atoms with Crippen molar-refractivity contribution in [1.82, 2.24) is 14.4 Å². The summed E-state index contributed by atoms with van der Waals surface area (Å²) >= 11 is 0. The molecule has 0 aliphatic rings. The molecule has 0 atom stereocenters. The molecule has 0 aliphatic carbocycles. The van der Waals surface area contributed by atoms with E-state index in [0.717, 1.165) is 23.4 Å². The van der Waals surface area contributed by atoms with Crippen molar-refractivity contribution in [3.63, 3.8) is 0 Å². The average Bonchev–Trinajstić information content (AvgIpc) is 3.10. The SMILES string of the molecule is CCc1cccc(NC(=O)N(CC(=O)N(Cc2cccn2C)CC(C)C)CC(C)C)c1. The maximum absolute atomic E-state index is 13.3. The largest absolute Gasteiger partial charge is 0.353 e. The molecule has 0 saturated carbocycles. The summed E-state index contributed by atoms with van der Waals surface area (Å²) in [5.41, 5.74) is 2.99. The van der Waals surface area contributed by atoms with Crippen LogP contribution in [0.2, 0.25) is 0 Å². The van der Waals surface area contributed by atoms with Crippen LogP contribution in [0.25, 0.3) is 0 Å². The summed E-state index contributed by atoms with van der Waals surface area (Å²) in [6.07, 6.45) is 2.89. The minimum Gasteiger partial charge on any atom is -0.353 e. The topological polar surface area (TPSA) is 57.6 Å². The van der Waals surface area contributed by atoms with E-state index in [1.165, 1.54) is 0 Å². The molecule has 6 heteroatoms. The lowest BCUT2D eigenvalue weighted by molar-refractivity contribution is -0.133. The van der Waals surface area contributed by atoms with Crippen LogP contribution in [0.15, 0.2) is 42.6 Å². The standard InChI is InChI=1S/C25H38N4O2/c1-7-21-10-8-11-22(14-21)26-25(31)29(16-20(4)5)18-24(30)28(15-19(2)3)17-23-12-9-13-27(23)6/h8-14,19-20H,7,15-18H2,1-6H3,(H,26,31). The van der Waals surface area contributed by atoms with E-state index >= 15 is 0 Å². The number of benzene rings is 1. The maximum atomic E-state index is 13.3. The summed E-state index contributed by atoms with van der Waals surface area (Å²) in [5, 5.41) is 2.97. The van der Waals surface area contributed by atoms with E-state index in [-0.39, 0.29) is 24.4 Å². The van der Waals surface area contributed by atoms with Crippen molar-refractivity contribution >= 4 is 17.6 Å². The molecule has 0 radical (unpaired) electrons. The van der Waals surface area contributed by atoms with Gasteiger partial charge in [0.2, 0.25) is 5.91 Å². The number of aromatic nitrogens is 1. The molecule has 3 amide bonds. The summed E-state index contributed by atoms with van der Waals surface area (Å²) in [5.74, 6) is 0.563. The zero-order chi connectivity index (χ0) is 23.0. The van der Waals surface area contributed by atoms with E-state index < -0.39 is 0 Å². The number of urea groups is 1. The highest BCUT2D eigenvalue weighted by Gasteiger charge is 2.23. The van der Waals surface area contributed by atoms with Gasteiger partial charge in [-0.3, -0.25) is 4.79 Å². The Morgan fingerprint density at radius 2 is 1.68 bits per heavy atom. The maximum Gasteiger partial charge on any atom is 0.322 e. The van der Waals surface area contributed by atoms with Gasteiger partial charge in [-0.2, -0.15) is 0 Å². The van der Waals surface area contributed by atoms with Crippen LogP contribution < -0.4 is 5.32 Å². The van der Waals surface area contributed by atoms with Gasteiger partial charge >= 0.3 is 6.03 Å². The van der Waals surface area contributed by atoms with Crippen LogP contribution >= 0.6 is 0 Å². The lowest BCUT2D eigenvalue weighted by Crippen LogP contribution is -2.46. The highest BCUT2D eigenvalue weighted by Crippen LogP contribution is 2.14. The Labute approximate surface area is 187 Å². The van der Waals surface area contributed by atoms with Crippen molar-refractivity contribution in [3.8, 4) is 0 Å². The highest BCUT2D eigenvalue weighted by atomic mass is 16.2. The molecule has 0 fully saturated rings. The molecule has 1 heterocycles. The van der Waals surface area contributed by atoms with E-state index in [1.54, 1.807) is 4.90 Å². The molecular formula is C25H38N4O2. The monoisotopic (exact) mass is 426 g/mol. The summed E-state index contributed by atoms with van der Waals surface area (Å²) in [4.78, 5) is 29.8. The van der Waals surface area contributed by atoms with Crippen LogP contribution in [0.3, 0.4) is 0 Å². The van der Waals surface area contributed by atoms with Gasteiger partial charge in [-0.25, -0.2) is 4.79 Å². The minimum atomic E-state index is -0.237. The number of carbonyl (C=O) groups excluding carboxylic acids is 2. The number of aryl methyl sites for hydroxylation is 2. The second-order valence-corrected chi connectivity index (χ2v) is 9.04. The van der Waals surface area contributed by atoms with E-state index in [4.69, 9.17) is 0 Å². The van der Waals surface area contributed by atoms with Crippen LogP contribution in [-0.2, 0) is 24.8 Å². The Hall–Kier alpha value is -2.76. The van der Waals surface area contributed by atoms with Crippen LogP contribution in [0.5, 0.6) is 0 Å². The third kappa shape index (κ3) is 7.78. The minimum absolute atomic E-state index is 0.0343. The molecule has 0 saturated heterocycles. The predicted octanol–water partition coefficient (Wildman–Crippen LogP) is 4.76. The zero-order valence-electron chi connectivity index (χ0n) is 19.9. The molecule has 1 aromatic carbocycles. The Bertz CT molecular complexity index is 857.